The zero-order valence-corrected chi connectivity index (χ0v) is 12.7. The van der Waals surface area contributed by atoms with E-state index in [1.165, 1.54) is 6.07 Å². The standard InChI is InChI=1S/C16H16F3N5/c17-16(18,19)11-3-1-2-10-8-24(12-6-7-21-23-12)15(22-14(10)11)13(20)9-4-5-9/h1-3,6-9,13,15H,4-5,20H2,(H,21,23)/t13?,15-/m0/s1. The van der Waals surface area contributed by atoms with Gasteiger partial charge in [-0.3, -0.25) is 10.1 Å². The number of hydrogen-bond acceptors (Lipinski definition) is 4. The number of alkyl halides is 3. The average molecular weight is 335 g/mol. The van der Waals surface area contributed by atoms with E-state index in [0.717, 1.165) is 18.9 Å². The minimum absolute atomic E-state index is 0.0399. The van der Waals surface area contributed by atoms with Crippen LogP contribution in [0, 0.1) is 5.92 Å². The molecule has 1 fully saturated rings. The fraction of sp³-hybridized carbons (Fsp3) is 0.375. The summed E-state index contributed by atoms with van der Waals surface area (Å²) in [6.07, 6.45) is 0.180. The molecule has 3 N–H and O–H groups in total. The van der Waals surface area contributed by atoms with Crippen LogP contribution in [0.25, 0.3) is 6.20 Å². The van der Waals surface area contributed by atoms with Crippen LogP contribution in [0.15, 0.2) is 35.5 Å². The van der Waals surface area contributed by atoms with Gasteiger partial charge in [-0.05, 0) is 24.8 Å². The molecule has 4 rings (SSSR count). The second-order valence-corrected chi connectivity index (χ2v) is 6.18. The first-order valence-corrected chi connectivity index (χ1v) is 7.74. The Kier molecular flexibility index (Phi) is 3.38. The van der Waals surface area contributed by atoms with Crippen LogP contribution in [0.5, 0.6) is 0 Å². The largest absolute Gasteiger partial charge is 0.418 e. The van der Waals surface area contributed by atoms with Crippen molar-refractivity contribution in [3.05, 3.63) is 46.6 Å². The number of nitrogens with zero attached hydrogens (tertiary/aromatic N) is 3. The summed E-state index contributed by atoms with van der Waals surface area (Å²) in [5, 5.41) is 7.12. The summed E-state index contributed by atoms with van der Waals surface area (Å²) in [6, 6.07) is 5.48. The van der Waals surface area contributed by atoms with Gasteiger partial charge in [0.1, 0.15) is 12.0 Å². The third-order valence-corrected chi connectivity index (χ3v) is 4.47. The van der Waals surface area contributed by atoms with Crippen LogP contribution in [-0.2, 0) is 6.18 Å². The van der Waals surface area contributed by atoms with Gasteiger partial charge in [-0.15, -0.1) is 0 Å². The molecule has 126 valence electrons. The Hall–Kier alpha value is -2.35. The van der Waals surface area contributed by atoms with E-state index in [0.29, 0.717) is 11.0 Å². The maximum atomic E-state index is 13.3. The number of nitrogens with two attached hydrogens (primary N) is 1. The molecule has 2 heterocycles. The van der Waals surface area contributed by atoms with Gasteiger partial charge in [-0.1, -0.05) is 12.1 Å². The molecule has 1 aromatic carbocycles. The maximum Gasteiger partial charge on any atom is 0.418 e. The Morgan fingerprint density at radius 1 is 1.25 bits per heavy atom. The number of anilines is 1. The first-order chi connectivity index (χ1) is 11.4. The molecule has 0 saturated heterocycles. The summed E-state index contributed by atoms with van der Waals surface area (Å²) in [7, 11) is 0. The number of fused-ring (bicyclic) bond motifs is 1. The van der Waals surface area contributed by atoms with E-state index in [1.807, 2.05) is 0 Å². The van der Waals surface area contributed by atoms with Crippen molar-refractivity contribution in [1.29, 1.82) is 0 Å². The van der Waals surface area contributed by atoms with Gasteiger partial charge < -0.3 is 10.6 Å². The van der Waals surface area contributed by atoms with Crippen LogP contribution in [0.3, 0.4) is 0 Å². The fourth-order valence-corrected chi connectivity index (χ4v) is 3.06. The normalized spacial score (nSPS) is 21.7. The van der Waals surface area contributed by atoms with E-state index in [4.69, 9.17) is 5.73 Å². The molecule has 0 radical (unpaired) electrons. The monoisotopic (exact) mass is 335 g/mol. The van der Waals surface area contributed by atoms with Gasteiger partial charge in [0.05, 0.1) is 17.1 Å². The van der Waals surface area contributed by atoms with E-state index in [2.05, 4.69) is 15.2 Å². The van der Waals surface area contributed by atoms with E-state index in [9.17, 15) is 13.2 Å². The summed E-state index contributed by atoms with van der Waals surface area (Å²) in [5.41, 5.74) is 5.57. The zero-order chi connectivity index (χ0) is 16.9. The number of para-hydroxylation sites is 1. The van der Waals surface area contributed by atoms with Crippen molar-refractivity contribution < 1.29 is 13.2 Å². The van der Waals surface area contributed by atoms with Gasteiger partial charge in [0.15, 0.2) is 0 Å². The molecule has 0 bridgehead atoms. The van der Waals surface area contributed by atoms with Gasteiger partial charge >= 0.3 is 6.18 Å². The molecule has 1 unspecified atom stereocenters. The number of halogens is 3. The second-order valence-electron chi connectivity index (χ2n) is 6.18. The summed E-state index contributed by atoms with van der Waals surface area (Å²) in [5.74, 6) is 0.945. The summed E-state index contributed by atoms with van der Waals surface area (Å²) in [6.45, 7) is 0. The molecular formula is C16H16F3N5. The van der Waals surface area contributed by atoms with E-state index in [1.54, 1.807) is 29.4 Å². The Labute approximate surface area is 135 Å². The summed E-state index contributed by atoms with van der Waals surface area (Å²) < 4.78 is 39.9. The molecule has 8 heteroatoms. The molecule has 5 nitrogen and oxygen atoms in total. The lowest BCUT2D eigenvalue weighted by atomic mass is 10.1. The number of nitrogens with one attached hydrogen (secondary N) is 1. The van der Waals surface area contributed by atoms with Gasteiger partial charge in [-0.25, -0.2) is 0 Å². The number of benzene rings is 1. The molecular weight excluding hydrogens is 319 g/mol. The van der Waals surface area contributed by atoms with Crippen molar-refractivity contribution in [3.8, 4) is 0 Å². The van der Waals surface area contributed by atoms with E-state index in [-0.39, 0.29) is 17.3 Å². The van der Waals surface area contributed by atoms with Gasteiger partial charge in [0.2, 0.25) is 0 Å². The lowest BCUT2D eigenvalue weighted by Gasteiger charge is -2.33. The number of rotatable bonds is 3. The number of H-pyrrole nitrogens is 1. The maximum absolute atomic E-state index is 13.3. The Balaban J connectivity index is 1.90. The Morgan fingerprint density at radius 3 is 2.67 bits per heavy atom. The van der Waals surface area contributed by atoms with Crippen molar-refractivity contribution in [2.75, 3.05) is 4.90 Å². The Bertz CT molecular complexity index is 855. The number of hydrogen-bond donors (Lipinski definition) is 2. The van der Waals surface area contributed by atoms with Crippen LogP contribution in [0.2, 0.25) is 0 Å². The highest BCUT2D eigenvalue weighted by Gasteiger charge is 2.39. The molecule has 2 atom stereocenters. The lowest BCUT2D eigenvalue weighted by molar-refractivity contribution is -0.138. The molecule has 1 saturated carbocycles. The molecule has 0 spiro atoms. The predicted molar refractivity (Wildman–Crippen MR) is 82.2 cm³/mol. The topological polar surface area (TPSA) is 70.3 Å². The quantitative estimate of drug-likeness (QED) is 0.890. The third-order valence-electron chi connectivity index (χ3n) is 4.47. The first-order valence-electron chi connectivity index (χ1n) is 7.74. The summed E-state index contributed by atoms with van der Waals surface area (Å²) >= 11 is 0. The summed E-state index contributed by atoms with van der Waals surface area (Å²) in [4.78, 5) is 6.19. The molecule has 1 aromatic heterocycles. The van der Waals surface area contributed by atoms with Gasteiger partial charge in [-0.2, -0.15) is 18.3 Å². The molecule has 1 aliphatic carbocycles. The second kappa shape index (κ2) is 5.34. The molecule has 0 amide bonds. The zero-order valence-electron chi connectivity index (χ0n) is 12.7. The van der Waals surface area contributed by atoms with Crippen LogP contribution in [-0.4, -0.2) is 22.4 Å². The Morgan fingerprint density at radius 2 is 2.04 bits per heavy atom. The molecule has 1 aliphatic heterocycles. The highest BCUT2D eigenvalue weighted by Crippen LogP contribution is 2.35. The molecule has 2 aliphatic rings. The minimum Gasteiger partial charge on any atom is -0.324 e. The first kappa shape index (κ1) is 15.2. The highest BCUT2D eigenvalue weighted by molar-refractivity contribution is 5.56. The highest BCUT2D eigenvalue weighted by atomic mass is 19.4. The SMILES string of the molecule is NC(C1CC1)[C@H]1N=c2c(C(F)(F)F)cccc2=CN1c1ccn[nH]1. The minimum atomic E-state index is -4.45. The number of aromatic amines is 1. The lowest BCUT2D eigenvalue weighted by Crippen LogP contribution is -2.52. The number of aromatic nitrogens is 2. The van der Waals surface area contributed by atoms with Crippen molar-refractivity contribution in [1.82, 2.24) is 10.2 Å². The van der Waals surface area contributed by atoms with Crippen molar-refractivity contribution in [2.24, 2.45) is 16.6 Å². The van der Waals surface area contributed by atoms with Crippen molar-refractivity contribution in [3.63, 3.8) is 0 Å². The van der Waals surface area contributed by atoms with Crippen molar-refractivity contribution >= 4 is 12.0 Å². The molecule has 2 aromatic rings. The van der Waals surface area contributed by atoms with E-state index >= 15 is 0 Å². The van der Waals surface area contributed by atoms with Crippen molar-refractivity contribution in [2.45, 2.75) is 31.2 Å². The average Bonchev–Trinajstić information content (AvgIpc) is 3.26. The van der Waals surface area contributed by atoms with Gasteiger partial charge in [0.25, 0.3) is 0 Å². The van der Waals surface area contributed by atoms with Crippen LogP contribution < -0.4 is 21.2 Å². The van der Waals surface area contributed by atoms with Crippen LogP contribution in [0.4, 0.5) is 19.0 Å². The smallest absolute Gasteiger partial charge is 0.324 e. The van der Waals surface area contributed by atoms with E-state index < -0.39 is 17.9 Å². The molecule has 24 heavy (non-hydrogen) atoms. The predicted octanol–water partition coefficient (Wildman–Crippen LogP) is 1.37. The third kappa shape index (κ3) is 2.56. The fourth-order valence-electron chi connectivity index (χ4n) is 3.06. The van der Waals surface area contributed by atoms with Crippen LogP contribution in [0.1, 0.15) is 18.4 Å². The van der Waals surface area contributed by atoms with Gasteiger partial charge in [0, 0.05) is 23.5 Å². The van der Waals surface area contributed by atoms with Crippen LogP contribution >= 0.6 is 0 Å².